The van der Waals surface area contributed by atoms with Gasteiger partial charge in [-0.25, -0.2) is 4.79 Å². The van der Waals surface area contributed by atoms with E-state index in [2.05, 4.69) is 33.1 Å². The summed E-state index contributed by atoms with van der Waals surface area (Å²) in [5.74, 6) is 0.627. The second kappa shape index (κ2) is 15.2. The molecule has 6 rings (SSSR count). The molecule has 1 aliphatic heterocycles. The van der Waals surface area contributed by atoms with Gasteiger partial charge in [-0.2, -0.15) is 4.68 Å². The summed E-state index contributed by atoms with van der Waals surface area (Å²) in [6, 6.07) is 35.1. The number of para-hydroxylation sites is 1. The molecule has 1 aliphatic rings. The predicted molar refractivity (Wildman–Crippen MR) is 175 cm³/mol. The van der Waals surface area contributed by atoms with Crippen LogP contribution in [0.1, 0.15) is 47.1 Å². The zero-order valence-electron chi connectivity index (χ0n) is 25.4. The fourth-order valence-corrected chi connectivity index (χ4v) is 6.34. The lowest BCUT2D eigenvalue weighted by molar-refractivity contribution is -0.268. The molecule has 1 fully saturated rings. The molecule has 0 bridgehead atoms. The SMILES string of the molecule is CC1C(CSc2nnnn2-c2ccccc2)OC(c2ccc(CNC(=O)NCc3ccccc3)cc2)OC1c1ccc(CO)cc1. The van der Waals surface area contributed by atoms with Gasteiger partial charge in [-0.15, -0.1) is 5.10 Å². The third-order valence-corrected chi connectivity index (χ3v) is 8.95. The van der Waals surface area contributed by atoms with Gasteiger partial charge in [0, 0.05) is 30.3 Å². The molecule has 0 aliphatic carbocycles. The first-order valence-electron chi connectivity index (χ1n) is 15.2. The van der Waals surface area contributed by atoms with Crippen LogP contribution in [-0.4, -0.2) is 43.2 Å². The number of rotatable bonds is 11. The molecule has 4 atom stereocenters. The maximum absolute atomic E-state index is 12.3. The number of aliphatic hydroxyl groups excluding tert-OH is 1. The molecule has 2 heterocycles. The van der Waals surface area contributed by atoms with Crippen LogP contribution < -0.4 is 10.6 Å². The fraction of sp³-hybridized carbons (Fsp3) is 0.257. The molecule has 0 spiro atoms. The van der Waals surface area contributed by atoms with E-state index in [4.69, 9.17) is 9.47 Å². The molecule has 4 aromatic carbocycles. The second-order valence-corrected chi connectivity index (χ2v) is 12.1. The van der Waals surface area contributed by atoms with Crippen LogP contribution in [0.15, 0.2) is 114 Å². The van der Waals surface area contributed by atoms with Gasteiger partial charge in [0.1, 0.15) is 0 Å². The summed E-state index contributed by atoms with van der Waals surface area (Å²) in [6.07, 6.45) is -1.02. The number of amides is 2. The first-order valence-corrected chi connectivity index (χ1v) is 16.2. The highest BCUT2D eigenvalue weighted by molar-refractivity contribution is 7.99. The maximum atomic E-state index is 12.3. The summed E-state index contributed by atoms with van der Waals surface area (Å²) in [5, 5.41) is 28.4. The molecule has 3 N–H and O–H groups in total. The lowest BCUT2D eigenvalue weighted by Crippen LogP contribution is -2.38. The Morgan fingerprint density at radius 3 is 2.09 bits per heavy atom. The summed E-state index contributed by atoms with van der Waals surface area (Å²) in [5.41, 5.74) is 5.63. The third kappa shape index (κ3) is 7.80. The van der Waals surface area contributed by atoms with E-state index in [1.54, 1.807) is 16.4 Å². The normalized spacial score (nSPS) is 19.4. The molecule has 236 valence electrons. The van der Waals surface area contributed by atoms with Gasteiger partial charge < -0.3 is 25.2 Å². The zero-order valence-corrected chi connectivity index (χ0v) is 26.2. The molecule has 1 aromatic heterocycles. The third-order valence-electron chi connectivity index (χ3n) is 7.94. The van der Waals surface area contributed by atoms with Gasteiger partial charge >= 0.3 is 6.03 Å². The van der Waals surface area contributed by atoms with Crippen molar-refractivity contribution in [2.45, 2.75) is 50.3 Å². The van der Waals surface area contributed by atoms with Gasteiger partial charge in [0.2, 0.25) is 5.16 Å². The summed E-state index contributed by atoms with van der Waals surface area (Å²) >= 11 is 1.54. The lowest BCUT2D eigenvalue weighted by Gasteiger charge is -2.41. The van der Waals surface area contributed by atoms with Crippen molar-refractivity contribution in [2.24, 2.45) is 5.92 Å². The Morgan fingerprint density at radius 1 is 0.804 bits per heavy atom. The molecule has 46 heavy (non-hydrogen) atoms. The minimum absolute atomic E-state index is 0.0155. The molecule has 1 saturated heterocycles. The summed E-state index contributed by atoms with van der Waals surface area (Å²) in [6.45, 7) is 2.96. The number of urea groups is 1. The summed E-state index contributed by atoms with van der Waals surface area (Å²) in [7, 11) is 0. The number of tetrazole rings is 1. The van der Waals surface area contributed by atoms with Crippen LogP contribution >= 0.6 is 11.8 Å². The smallest absolute Gasteiger partial charge is 0.315 e. The van der Waals surface area contributed by atoms with Gasteiger partial charge in [-0.05, 0) is 44.8 Å². The van der Waals surface area contributed by atoms with Crippen molar-refractivity contribution in [3.05, 3.63) is 137 Å². The van der Waals surface area contributed by atoms with E-state index < -0.39 is 6.29 Å². The number of hydrogen-bond donors (Lipinski definition) is 3. The van der Waals surface area contributed by atoms with Gasteiger partial charge in [0.25, 0.3) is 0 Å². The van der Waals surface area contributed by atoms with Gasteiger partial charge in [0.15, 0.2) is 6.29 Å². The standard InChI is InChI=1S/C35H36N6O4S/c1-24-31(23-46-35-38-39-40-41(35)30-10-6-3-7-11-30)44-33(45-32(24)28-16-14-27(22-42)15-17-28)29-18-12-26(13-19-29)21-37-34(43)36-20-25-8-4-2-5-9-25/h2-19,24,31-33,42H,20-23H2,1H3,(H2,36,37,43). The van der Waals surface area contributed by atoms with E-state index in [0.717, 1.165) is 33.5 Å². The van der Waals surface area contributed by atoms with Crippen LogP contribution in [0, 0.1) is 5.92 Å². The Kier molecular flexibility index (Phi) is 10.4. The number of nitrogens with one attached hydrogen (secondary N) is 2. The van der Waals surface area contributed by atoms with Gasteiger partial charge in [0.05, 0.1) is 24.5 Å². The Labute approximate surface area is 272 Å². The predicted octanol–water partition coefficient (Wildman–Crippen LogP) is 5.74. The monoisotopic (exact) mass is 636 g/mol. The Morgan fingerprint density at radius 2 is 1.41 bits per heavy atom. The van der Waals surface area contributed by atoms with Crippen molar-refractivity contribution < 1.29 is 19.4 Å². The topological polar surface area (TPSA) is 123 Å². The average Bonchev–Trinajstić information content (AvgIpc) is 3.59. The molecule has 4 unspecified atom stereocenters. The van der Waals surface area contributed by atoms with Crippen LogP contribution in [0.2, 0.25) is 0 Å². The summed E-state index contributed by atoms with van der Waals surface area (Å²) in [4.78, 5) is 12.3. The number of ether oxygens (including phenoxy) is 2. The average molecular weight is 637 g/mol. The van der Waals surface area contributed by atoms with Gasteiger partial charge in [-0.1, -0.05) is 116 Å². The highest BCUT2D eigenvalue weighted by Gasteiger charge is 2.38. The number of hydrogen-bond acceptors (Lipinski definition) is 8. The molecule has 0 saturated carbocycles. The zero-order chi connectivity index (χ0) is 31.7. The van der Waals surface area contributed by atoms with Crippen molar-refractivity contribution in [3.8, 4) is 5.69 Å². The van der Waals surface area contributed by atoms with Crippen molar-refractivity contribution in [2.75, 3.05) is 5.75 Å². The van der Waals surface area contributed by atoms with Crippen LogP contribution in [0.25, 0.3) is 5.69 Å². The molecule has 10 nitrogen and oxygen atoms in total. The number of aliphatic hydroxyl groups is 1. The number of carbonyl (C=O) groups is 1. The van der Waals surface area contributed by atoms with Crippen molar-refractivity contribution in [1.82, 2.24) is 30.8 Å². The fourth-order valence-electron chi connectivity index (χ4n) is 5.28. The van der Waals surface area contributed by atoms with Crippen LogP contribution in [-0.2, 0) is 29.2 Å². The highest BCUT2D eigenvalue weighted by Crippen LogP contribution is 2.43. The molecule has 5 aromatic rings. The van der Waals surface area contributed by atoms with Crippen molar-refractivity contribution in [1.29, 1.82) is 0 Å². The van der Waals surface area contributed by atoms with E-state index in [-0.39, 0.29) is 30.8 Å². The number of carbonyl (C=O) groups excluding carboxylic acids is 1. The minimum Gasteiger partial charge on any atom is -0.392 e. The van der Waals surface area contributed by atoms with Crippen molar-refractivity contribution >= 4 is 17.8 Å². The lowest BCUT2D eigenvalue weighted by atomic mass is 9.91. The number of thioether (sulfide) groups is 1. The molecular weight excluding hydrogens is 600 g/mol. The largest absolute Gasteiger partial charge is 0.392 e. The molecule has 2 amide bonds. The first kappa shape index (κ1) is 31.4. The van der Waals surface area contributed by atoms with E-state index in [1.807, 2.05) is 109 Å². The second-order valence-electron chi connectivity index (χ2n) is 11.1. The van der Waals surface area contributed by atoms with E-state index in [9.17, 15) is 9.90 Å². The quantitative estimate of drug-likeness (QED) is 0.157. The number of benzene rings is 4. The highest BCUT2D eigenvalue weighted by atomic mass is 32.2. The molecule has 0 radical (unpaired) electrons. The number of nitrogens with zero attached hydrogens (tertiary/aromatic N) is 4. The van der Waals surface area contributed by atoms with E-state index >= 15 is 0 Å². The number of aromatic nitrogens is 4. The Hall–Kier alpha value is -4.55. The van der Waals surface area contributed by atoms with E-state index in [1.165, 1.54) is 0 Å². The van der Waals surface area contributed by atoms with E-state index in [0.29, 0.717) is 24.0 Å². The van der Waals surface area contributed by atoms with Crippen LogP contribution in [0.3, 0.4) is 0 Å². The Balaban J connectivity index is 1.13. The minimum atomic E-state index is -0.606. The van der Waals surface area contributed by atoms with Gasteiger partial charge in [-0.3, -0.25) is 0 Å². The molecular formula is C35H36N6O4S. The molecule has 11 heteroatoms. The van der Waals surface area contributed by atoms with Crippen LogP contribution in [0.5, 0.6) is 0 Å². The first-order chi connectivity index (χ1) is 22.6. The maximum Gasteiger partial charge on any atom is 0.315 e. The van der Waals surface area contributed by atoms with Crippen LogP contribution in [0.4, 0.5) is 4.79 Å². The van der Waals surface area contributed by atoms with Crippen molar-refractivity contribution in [3.63, 3.8) is 0 Å². The Bertz CT molecular complexity index is 1690. The summed E-state index contributed by atoms with van der Waals surface area (Å²) < 4.78 is 14.9.